The number of allylic oxidation sites excluding steroid dienone is 1. The number of ether oxygens (including phenoxy) is 1. The summed E-state index contributed by atoms with van der Waals surface area (Å²) in [6.45, 7) is 6.18. The van der Waals surface area contributed by atoms with E-state index in [1.807, 2.05) is 0 Å². The predicted octanol–water partition coefficient (Wildman–Crippen LogP) is 2.35. The molecule has 2 heteroatoms. The molecule has 1 aliphatic heterocycles. The zero-order chi connectivity index (χ0) is 11.7. The Morgan fingerprint density at radius 2 is 1.94 bits per heavy atom. The summed E-state index contributed by atoms with van der Waals surface area (Å²) in [6.07, 6.45) is 3.49. The largest absolute Gasteiger partial charge is 0.379 e. The normalized spacial score (nSPS) is 22.1. The Balaban J connectivity index is 1.81. The van der Waals surface area contributed by atoms with Gasteiger partial charge >= 0.3 is 0 Å². The van der Waals surface area contributed by atoms with E-state index in [0.29, 0.717) is 6.04 Å². The van der Waals surface area contributed by atoms with Crippen molar-refractivity contribution < 1.29 is 4.74 Å². The van der Waals surface area contributed by atoms with Crippen molar-refractivity contribution >= 4 is 5.57 Å². The highest BCUT2D eigenvalue weighted by Gasteiger charge is 2.24. The fourth-order valence-electron chi connectivity index (χ4n) is 2.87. The van der Waals surface area contributed by atoms with Crippen LogP contribution < -0.4 is 0 Å². The maximum absolute atomic E-state index is 5.42. The van der Waals surface area contributed by atoms with Crippen molar-refractivity contribution in [3.05, 3.63) is 41.5 Å². The van der Waals surface area contributed by atoms with Crippen molar-refractivity contribution in [1.82, 2.24) is 4.90 Å². The minimum atomic E-state index is 0.516. The zero-order valence-electron chi connectivity index (χ0n) is 10.4. The van der Waals surface area contributed by atoms with Crippen LogP contribution in [0.1, 0.15) is 18.1 Å². The molecular weight excluding hydrogens is 210 g/mol. The van der Waals surface area contributed by atoms with Gasteiger partial charge < -0.3 is 4.74 Å². The van der Waals surface area contributed by atoms with Crippen molar-refractivity contribution in [3.63, 3.8) is 0 Å². The average molecular weight is 229 g/mol. The van der Waals surface area contributed by atoms with E-state index in [4.69, 9.17) is 4.74 Å². The molecule has 3 rings (SSSR count). The molecule has 2 aliphatic rings. The average Bonchev–Trinajstić information content (AvgIpc) is 2.83. The van der Waals surface area contributed by atoms with E-state index >= 15 is 0 Å². The van der Waals surface area contributed by atoms with Gasteiger partial charge in [0.15, 0.2) is 0 Å². The molecule has 0 radical (unpaired) electrons. The topological polar surface area (TPSA) is 12.5 Å². The molecule has 90 valence electrons. The van der Waals surface area contributed by atoms with Gasteiger partial charge in [-0.2, -0.15) is 0 Å². The molecule has 1 unspecified atom stereocenters. The molecule has 0 bridgehead atoms. The third-order valence-corrected chi connectivity index (χ3v) is 3.91. The van der Waals surface area contributed by atoms with Crippen molar-refractivity contribution in [1.29, 1.82) is 0 Å². The lowest BCUT2D eigenvalue weighted by Gasteiger charge is -2.33. The number of hydrogen-bond donors (Lipinski definition) is 0. The summed E-state index contributed by atoms with van der Waals surface area (Å²) in [4.78, 5) is 2.53. The Kier molecular flexibility index (Phi) is 3.00. The van der Waals surface area contributed by atoms with Gasteiger partial charge in [0.25, 0.3) is 0 Å². The maximum atomic E-state index is 5.42. The number of fused-ring (bicyclic) bond motifs is 1. The summed E-state index contributed by atoms with van der Waals surface area (Å²) in [6, 6.07) is 9.29. The molecule has 0 aromatic heterocycles. The highest BCUT2D eigenvalue weighted by Crippen LogP contribution is 2.31. The van der Waals surface area contributed by atoms with Gasteiger partial charge in [-0.25, -0.2) is 0 Å². The second kappa shape index (κ2) is 4.63. The Morgan fingerprint density at radius 1 is 1.18 bits per heavy atom. The molecule has 0 spiro atoms. The van der Waals surface area contributed by atoms with Crippen molar-refractivity contribution in [2.45, 2.75) is 19.4 Å². The summed E-state index contributed by atoms with van der Waals surface area (Å²) < 4.78 is 5.42. The highest BCUT2D eigenvalue weighted by atomic mass is 16.5. The number of nitrogens with zero attached hydrogens (tertiary/aromatic N) is 1. The molecular formula is C15H19NO. The van der Waals surface area contributed by atoms with Crippen LogP contribution in [0.2, 0.25) is 0 Å². The van der Waals surface area contributed by atoms with E-state index in [0.717, 1.165) is 32.7 Å². The fourth-order valence-corrected chi connectivity index (χ4v) is 2.87. The summed E-state index contributed by atoms with van der Waals surface area (Å²) in [7, 11) is 0. The van der Waals surface area contributed by atoms with E-state index in [1.54, 1.807) is 0 Å². The molecule has 1 heterocycles. The van der Waals surface area contributed by atoms with E-state index in [9.17, 15) is 0 Å². The summed E-state index contributed by atoms with van der Waals surface area (Å²) >= 11 is 0. The van der Waals surface area contributed by atoms with E-state index < -0.39 is 0 Å². The van der Waals surface area contributed by atoms with E-state index in [1.165, 1.54) is 16.7 Å². The first kappa shape index (κ1) is 11.0. The van der Waals surface area contributed by atoms with Gasteiger partial charge in [0.1, 0.15) is 0 Å². The number of rotatable bonds is 2. The monoisotopic (exact) mass is 229 g/mol. The van der Waals surface area contributed by atoms with Gasteiger partial charge in [0.2, 0.25) is 0 Å². The van der Waals surface area contributed by atoms with Gasteiger partial charge in [-0.05, 0) is 30.0 Å². The Morgan fingerprint density at radius 3 is 2.76 bits per heavy atom. The lowest BCUT2D eigenvalue weighted by molar-refractivity contribution is 0.0303. The zero-order valence-corrected chi connectivity index (χ0v) is 10.4. The lowest BCUT2D eigenvalue weighted by atomic mass is 9.99. The van der Waals surface area contributed by atoms with Crippen LogP contribution in [-0.2, 0) is 11.2 Å². The van der Waals surface area contributed by atoms with Gasteiger partial charge in [0, 0.05) is 19.1 Å². The molecule has 1 aliphatic carbocycles. The van der Waals surface area contributed by atoms with Crippen molar-refractivity contribution in [3.8, 4) is 0 Å². The predicted molar refractivity (Wildman–Crippen MR) is 70.0 cm³/mol. The molecule has 0 N–H and O–H groups in total. The van der Waals surface area contributed by atoms with Crippen molar-refractivity contribution in [2.75, 3.05) is 26.3 Å². The minimum Gasteiger partial charge on any atom is -0.379 e. The highest BCUT2D eigenvalue weighted by molar-refractivity contribution is 5.76. The third-order valence-electron chi connectivity index (χ3n) is 3.91. The Hall–Kier alpha value is -1.12. The van der Waals surface area contributed by atoms with Crippen LogP contribution in [0.25, 0.3) is 5.57 Å². The van der Waals surface area contributed by atoms with Crippen LogP contribution in [0.3, 0.4) is 0 Å². The standard InChI is InChI=1S/C15H19NO/c1-12(16-8-10-17-11-9-16)14-7-6-13-4-2-3-5-15(13)14/h2-5,7,12H,6,8-11H2,1H3. The maximum Gasteiger partial charge on any atom is 0.0594 e. The van der Waals surface area contributed by atoms with Crippen LogP contribution in [0.15, 0.2) is 30.3 Å². The van der Waals surface area contributed by atoms with Crippen LogP contribution >= 0.6 is 0 Å². The first-order valence-corrected chi connectivity index (χ1v) is 6.46. The third kappa shape index (κ3) is 2.03. The number of benzene rings is 1. The fraction of sp³-hybridized carbons (Fsp3) is 0.467. The summed E-state index contributed by atoms with van der Waals surface area (Å²) in [5, 5.41) is 0. The molecule has 1 fully saturated rings. The lowest BCUT2D eigenvalue weighted by Crippen LogP contribution is -2.42. The SMILES string of the molecule is CC(C1=CCc2ccccc21)N1CCOCC1. The smallest absolute Gasteiger partial charge is 0.0594 e. The summed E-state index contributed by atoms with van der Waals surface area (Å²) in [5.74, 6) is 0. The molecule has 1 aromatic carbocycles. The Labute approximate surface area is 103 Å². The second-order valence-corrected chi connectivity index (χ2v) is 4.85. The molecule has 2 nitrogen and oxygen atoms in total. The Bertz CT molecular complexity index is 432. The summed E-state index contributed by atoms with van der Waals surface area (Å²) in [5.41, 5.74) is 4.43. The van der Waals surface area contributed by atoms with Gasteiger partial charge in [-0.15, -0.1) is 0 Å². The molecule has 1 saturated heterocycles. The second-order valence-electron chi connectivity index (χ2n) is 4.85. The van der Waals surface area contributed by atoms with Crippen LogP contribution in [0.5, 0.6) is 0 Å². The first-order chi connectivity index (χ1) is 8.36. The molecule has 0 amide bonds. The van der Waals surface area contributed by atoms with E-state index in [2.05, 4.69) is 42.2 Å². The van der Waals surface area contributed by atoms with Crippen LogP contribution in [-0.4, -0.2) is 37.2 Å². The molecule has 17 heavy (non-hydrogen) atoms. The first-order valence-electron chi connectivity index (χ1n) is 6.46. The van der Waals surface area contributed by atoms with Crippen LogP contribution in [0.4, 0.5) is 0 Å². The van der Waals surface area contributed by atoms with Gasteiger partial charge in [-0.3, -0.25) is 4.90 Å². The molecule has 1 aromatic rings. The molecule has 0 saturated carbocycles. The number of hydrogen-bond acceptors (Lipinski definition) is 2. The number of morpholine rings is 1. The van der Waals surface area contributed by atoms with E-state index in [-0.39, 0.29) is 0 Å². The molecule has 1 atom stereocenters. The minimum absolute atomic E-state index is 0.516. The van der Waals surface area contributed by atoms with Gasteiger partial charge in [0.05, 0.1) is 13.2 Å². The van der Waals surface area contributed by atoms with Gasteiger partial charge in [-0.1, -0.05) is 30.3 Å². The quantitative estimate of drug-likeness (QED) is 0.772. The van der Waals surface area contributed by atoms with Crippen LogP contribution in [0, 0.1) is 0 Å². The van der Waals surface area contributed by atoms with Crippen molar-refractivity contribution in [2.24, 2.45) is 0 Å².